The van der Waals surface area contributed by atoms with E-state index >= 15 is 0 Å². The Morgan fingerprint density at radius 3 is 0.957 bits per heavy atom. The van der Waals surface area contributed by atoms with E-state index in [1.807, 2.05) is 0 Å². The normalized spacial score (nSPS) is 13.7. The van der Waals surface area contributed by atoms with Gasteiger partial charge in [0.25, 0.3) is 0 Å². The molecule has 0 bridgehead atoms. The van der Waals surface area contributed by atoms with Crippen LogP contribution in [0.4, 0.5) is 0 Å². The van der Waals surface area contributed by atoms with Crippen molar-refractivity contribution in [1.29, 1.82) is 0 Å². The average molecular weight is 752 g/mol. The van der Waals surface area contributed by atoms with E-state index in [-0.39, 0.29) is 5.41 Å². The van der Waals surface area contributed by atoms with Gasteiger partial charge in [0.05, 0.1) is 6.61 Å². The second-order valence-corrected chi connectivity index (χ2v) is 24.1. The minimum atomic E-state index is -2.73. The maximum atomic E-state index is 6.04. The lowest BCUT2D eigenvalue weighted by molar-refractivity contribution is 0.0727. The molecule has 0 rings (SSSR count). The average Bonchev–Trinajstić information content (AvgIpc) is 3.11. The van der Waals surface area contributed by atoms with Crippen molar-refractivity contribution in [3.63, 3.8) is 0 Å². The molecule has 14 nitrogen and oxygen atoms in total. The van der Waals surface area contributed by atoms with Gasteiger partial charge in [0, 0.05) is 129 Å². The van der Waals surface area contributed by atoms with E-state index in [0.717, 1.165) is 76.2 Å². The molecule has 0 fully saturated rings. The van der Waals surface area contributed by atoms with Crippen LogP contribution in [0.1, 0.15) is 44.9 Å². The van der Waals surface area contributed by atoms with Crippen molar-refractivity contribution in [1.82, 2.24) is 4.90 Å². The molecule has 284 valence electrons. The minimum absolute atomic E-state index is 0.0601. The first-order valence-corrected chi connectivity index (χ1v) is 24.1. The van der Waals surface area contributed by atoms with Gasteiger partial charge in [0.2, 0.25) is 0 Å². The Hall–Kier alpha value is 0.308. The van der Waals surface area contributed by atoms with Crippen LogP contribution in [0, 0.1) is 5.41 Å². The SMILES string of the molecule is CO[Si](CCCOCCN(C)CC(CCC[Si](OC)(OC)OC)(CCC[Si](OC)(OC)OC)CCC[Si](OC)(OC)OC)(OC)OC. The van der Waals surface area contributed by atoms with Crippen molar-refractivity contribution < 1.29 is 57.8 Å². The van der Waals surface area contributed by atoms with E-state index in [2.05, 4.69) is 11.9 Å². The van der Waals surface area contributed by atoms with Crippen LogP contribution in [0.2, 0.25) is 24.2 Å². The Kier molecular flexibility index (Phi) is 25.5. The van der Waals surface area contributed by atoms with Crippen LogP contribution < -0.4 is 0 Å². The molecule has 0 unspecified atom stereocenters. The maximum absolute atomic E-state index is 6.04. The topological polar surface area (TPSA) is 123 Å². The molecule has 0 aliphatic carbocycles. The molecule has 0 radical (unpaired) electrons. The van der Waals surface area contributed by atoms with Crippen LogP contribution in [0.5, 0.6) is 0 Å². The van der Waals surface area contributed by atoms with E-state index in [1.165, 1.54) is 0 Å². The molecule has 0 saturated heterocycles. The number of nitrogens with zero attached hydrogens (tertiary/aromatic N) is 1. The van der Waals surface area contributed by atoms with Gasteiger partial charge in [0.15, 0.2) is 0 Å². The summed E-state index contributed by atoms with van der Waals surface area (Å²) in [5.41, 5.74) is -0.0601. The Labute approximate surface area is 290 Å². The van der Waals surface area contributed by atoms with Crippen molar-refractivity contribution in [3.05, 3.63) is 0 Å². The smallest absolute Gasteiger partial charge is 0.380 e. The molecule has 47 heavy (non-hydrogen) atoms. The summed E-state index contributed by atoms with van der Waals surface area (Å²) in [7, 11) is 11.2. The molecule has 0 aromatic rings. The van der Waals surface area contributed by atoms with Crippen LogP contribution in [-0.2, 0) is 57.8 Å². The molecule has 0 N–H and O–H groups in total. The third-order valence-electron chi connectivity index (χ3n) is 9.30. The zero-order chi connectivity index (χ0) is 35.9. The van der Waals surface area contributed by atoms with E-state index in [9.17, 15) is 0 Å². The highest BCUT2D eigenvalue weighted by molar-refractivity contribution is 6.61. The zero-order valence-corrected chi connectivity index (χ0v) is 35.9. The molecule has 0 amide bonds. The fourth-order valence-electron chi connectivity index (χ4n) is 6.24. The molecule has 0 saturated carbocycles. The molecule has 0 atom stereocenters. The predicted molar refractivity (Wildman–Crippen MR) is 189 cm³/mol. The fourth-order valence-corrected chi connectivity index (χ4v) is 13.1. The highest BCUT2D eigenvalue weighted by Crippen LogP contribution is 2.40. The number of ether oxygens (including phenoxy) is 1. The zero-order valence-electron chi connectivity index (χ0n) is 31.9. The summed E-state index contributed by atoms with van der Waals surface area (Å²) in [6.45, 7) is 2.88. The standard InChI is InChI=1S/C29H69NO13Si4/c1-30(21-23-43-22-17-27-47(40-11,41-12)42-13)28-29(18-14-24-44(31-2,32-3)33-4,19-15-25-45(34-5,35-6)36-7)20-16-26-46(37-8,38-9)39-10/h14-28H2,1-13H3. The molecule has 18 heteroatoms. The third kappa shape index (κ3) is 16.0. The fraction of sp³-hybridized carbons (Fsp3) is 1.00. The number of hydrogen-bond donors (Lipinski definition) is 0. The number of rotatable bonds is 33. The van der Waals surface area contributed by atoms with E-state index in [1.54, 1.807) is 85.3 Å². The Balaban J connectivity index is 5.93. The van der Waals surface area contributed by atoms with Gasteiger partial charge >= 0.3 is 35.2 Å². The molecule has 0 aromatic carbocycles. The quantitative estimate of drug-likeness (QED) is 0.0705. The second-order valence-electron chi connectivity index (χ2n) is 11.7. The summed E-state index contributed by atoms with van der Waals surface area (Å²) >= 11 is 0. The Morgan fingerprint density at radius 1 is 0.404 bits per heavy atom. The van der Waals surface area contributed by atoms with Gasteiger partial charge in [-0.05, 0) is 57.4 Å². The van der Waals surface area contributed by atoms with Gasteiger partial charge in [-0.2, -0.15) is 0 Å². The maximum Gasteiger partial charge on any atom is 0.500 e. The molecule has 0 aliphatic heterocycles. The Bertz CT molecular complexity index is 664. The predicted octanol–water partition coefficient (Wildman–Crippen LogP) is 4.16. The summed E-state index contributed by atoms with van der Waals surface area (Å²) in [6, 6.07) is 2.87. The summed E-state index contributed by atoms with van der Waals surface area (Å²) in [6.07, 6.45) is 6.31. The molecule has 0 spiro atoms. The van der Waals surface area contributed by atoms with Crippen LogP contribution in [0.25, 0.3) is 0 Å². The highest BCUT2D eigenvalue weighted by atomic mass is 28.4. The van der Waals surface area contributed by atoms with Gasteiger partial charge in [-0.25, -0.2) is 0 Å². The molecular weight excluding hydrogens is 683 g/mol. The van der Waals surface area contributed by atoms with E-state index < -0.39 is 35.2 Å². The van der Waals surface area contributed by atoms with E-state index in [4.69, 9.17) is 57.8 Å². The van der Waals surface area contributed by atoms with Crippen LogP contribution in [-0.4, -0.2) is 159 Å². The van der Waals surface area contributed by atoms with Gasteiger partial charge in [0.1, 0.15) is 0 Å². The van der Waals surface area contributed by atoms with Gasteiger partial charge < -0.3 is 62.7 Å². The van der Waals surface area contributed by atoms with Crippen molar-refractivity contribution in [3.8, 4) is 0 Å². The summed E-state index contributed by atoms with van der Waals surface area (Å²) < 4.78 is 74.4. The number of hydrogen-bond acceptors (Lipinski definition) is 14. The number of likely N-dealkylation sites (N-methyl/N-ethyl adjacent to an activating group) is 1. The molecule has 0 heterocycles. The monoisotopic (exact) mass is 751 g/mol. The van der Waals surface area contributed by atoms with Crippen LogP contribution in [0.3, 0.4) is 0 Å². The third-order valence-corrected chi connectivity index (χ3v) is 20.6. The minimum Gasteiger partial charge on any atom is -0.380 e. The lowest BCUT2D eigenvalue weighted by atomic mass is 9.75. The largest absolute Gasteiger partial charge is 0.500 e. The summed E-state index contributed by atoms with van der Waals surface area (Å²) in [4.78, 5) is 2.37. The first-order valence-electron chi connectivity index (χ1n) is 16.3. The first-order chi connectivity index (χ1) is 22.5. The molecule has 0 aliphatic rings. The van der Waals surface area contributed by atoms with Crippen molar-refractivity contribution in [2.45, 2.75) is 69.1 Å². The lowest BCUT2D eigenvalue weighted by Gasteiger charge is -2.39. The van der Waals surface area contributed by atoms with Crippen molar-refractivity contribution in [2.75, 3.05) is 119 Å². The molecule has 0 aromatic heterocycles. The molecular formula is C29H69NO13Si4. The van der Waals surface area contributed by atoms with Gasteiger partial charge in [-0.15, -0.1) is 0 Å². The van der Waals surface area contributed by atoms with Gasteiger partial charge in [-0.3, -0.25) is 0 Å². The van der Waals surface area contributed by atoms with E-state index in [0.29, 0.717) is 19.3 Å². The van der Waals surface area contributed by atoms with Gasteiger partial charge in [-0.1, -0.05) is 0 Å². The summed E-state index contributed by atoms with van der Waals surface area (Å²) in [5, 5.41) is 0. The van der Waals surface area contributed by atoms with Crippen LogP contribution in [0.15, 0.2) is 0 Å². The summed E-state index contributed by atoms with van der Waals surface area (Å²) in [5.74, 6) is 0. The van der Waals surface area contributed by atoms with Crippen molar-refractivity contribution >= 4 is 35.2 Å². The Morgan fingerprint density at radius 2 is 0.681 bits per heavy atom. The first kappa shape index (κ1) is 47.3. The van der Waals surface area contributed by atoms with Crippen LogP contribution >= 0.6 is 0 Å². The van der Waals surface area contributed by atoms with Crippen molar-refractivity contribution in [2.24, 2.45) is 5.41 Å². The second kappa shape index (κ2) is 25.3. The highest BCUT2D eigenvalue weighted by Gasteiger charge is 2.43. The lowest BCUT2D eigenvalue weighted by Crippen LogP contribution is -2.45.